The molecule has 8 heteroatoms. The summed E-state index contributed by atoms with van der Waals surface area (Å²) in [5.41, 5.74) is -0.926. The number of aliphatic imine (C=N–C) groups is 1. The summed E-state index contributed by atoms with van der Waals surface area (Å²) in [6, 6.07) is 6.28. The number of imidazole rings is 1. The van der Waals surface area contributed by atoms with Crippen molar-refractivity contribution in [2.24, 2.45) is 4.99 Å². The maximum Gasteiger partial charge on any atom is 0.413 e. The van der Waals surface area contributed by atoms with E-state index in [-0.39, 0.29) is 18.2 Å². The highest BCUT2D eigenvalue weighted by Crippen LogP contribution is 2.34. The maximum absolute atomic E-state index is 14.4. The number of hydrogen-bond donors (Lipinski definition) is 1. The summed E-state index contributed by atoms with van der Waals surface area (Å²) in [5.74, 6) is -0.0793. The Balaban J connectivity index is 2.06. The first-order chi connectivity index (χ1) is 12.6. The number of carbonyl (C=O) groups excluding carboxylic acids is 2. The van der Waals surface area contributed by atoms with Gasteiger partial charge in [0.2, 0.25) is 0 Å². The van der Waals surface area contributed by atoms with Crippen LogP contribution in [0.1, 0.15) is 49.6 Å². The fourth-order valence-corrected chi connectivity index (χ4v) is 3.02. The Bertz CT molecular complexity index is 929. The molecule has 2 heterocycles. The normalized spacial score (nSPS) is 19.1. The number of alkyl carbamates (subject to hydrolysis) is 1. The maximum atomic E-state index is 14.4. The number of nitrogens with zero attached hydrogens (tertiary/aromatic N) is 3. The summed E-state index contributed by atoms with van der Waals surface area (Å²) >= 11 is 0. The van der Waals surface area contributed by atoms with E-state index in [2.05, 4.69) is 15.3 Å². The van der Waals surface area contributed by atoms with Crippen LogP contribution < -0.4 is 5.32 Å². The molecule has 7 nitrogen and oxygen atoms in total. The first-order valence-electron chi connectivity index (χ1n) is 8.49. The molecular formula is C19H21FN4O3. The molecule has 0 bridgehead atoms. The van der Waals surface area contributed by atoms with Gasteiger partial charge in [-0.1, -0.05) is 18.2 Å². The highest BCUT2D eigenvalue weighted by Gasteiger charge is 2.37. The van der Waals surface area contributed by atoms with E-state index >= 15 is 0 Å². The zero-order valence-electron chi connectivity index (χ0n) is 15.6. The van der Waals surface area contributed by atoms with Gasteiger partial charge in [-0.05, 0) is 33.8 Å². The molecule has 0 aliphatic carbocycles. The van der Waals surface area contributed by atoms with Gasteiger partial charge in [-0.2, -0.15) is 0 Å². The number of aromatic nitrogens is 2. The second kappa shape index (κ2) is 6.61. The van der Waals surface area contributed by atoms with E-state index in [1.165, 1.54) is 12.3 Å². The Kier molecular flexibility index (Phi) is 4.59. The van der Waals surface area contributed by atoms with Crippen LogP contribution in [0, 0.1) is 5.82 Å². The molecule has 1 amide bonds. The van der Waals surface area contributed by atoms with Crippen LogP contribution in [0.15, 0.2) is 35.5 Å². The molecule has 0 fully saturated rings. The molecule has 0 saturated heterocycles. The lowest BCUT2D eigenvalue weighted by molar-refractivity contribution is 0.0562. The molecule has 27 heavy (non-hydrogen) atoms. The lowest BCUT2D eigenvalue weighted by Crippen LogP contribution is -2.43. The Hall–Kier alpha value is -3.03. The van der Waals surface area contributed by atoms with Gasteiger partial charge in [-0.3, -0.25) is 15.1 Å². The van der Waals surface area contributed by atoms with Crippen molar-refractivity contribution in [1.29, 1.82) is 0 Å². The fraction of sp³-hybridized carbons (Fsp3) is 0.368. The van der Waals surface area contributed by atoms with E-state index in [0.717, 1.165) is 0 Å². The van der Waals surface area contributed by atoms with E-state index in [1.807, 2.05) is 0 Å². The van der Waals surface area contributed by atoms with Crippen molar-refractivity contribution >= 4 is 18.2 Å². The summed E-state index contributed by atoms with van der Waals surface area (Å²) in [6.07, 6.45) is 1.36. The van der Waals surface area contributed by atoms with Gasteiger partial charge < -0.3 is 9.30 Å². The Morgan fingerprint density at radius 2 is 2.07 bits per heavy atom. The topological polar surface area (TPSA) is 85.6 Å². The van der Waals surface area contributed by atoms with Crippen LogP contribution in [0.3, 0.4) is 0 Å². The number of amidine groups is 1. The van der Waals surface area contributed by atoms with Gasteiger partial charge in [0.05, 0.1) is 12.7 Å². The summed E-state index contributed by atoms with van der Waals surface area (Å²) in [5, 5.41) is 2.60. The van der Waals surface area contributed by atoms with Gasteiger partial charge in [0.15, 0.2) is 17.9 Å². The van der Waals surface area contributed by atoms with E-state index < -0.39 is 23.1 Å². The van der Waals surface area contributed by atoms with Crippen molar-refractivity contribution in [3.05, 3.63) is 53.4 Å². The molecule has 2 aromatic rings. The van der Waals surface area contributed by atoms with Gasteiger partial charge in [-0.15, -0.1) is 0 Å². The van der Waals surface area contributed by atoms with E-state index in [1.54, 1.807) is 50.5 Å². The summed E-state index contributed by atoms with van der Waals surface area (Å²) in [4.78, 5) is 32.3. The zero-order chi connectivity index (χ0) is 19.8. The quantitative estimate of drug-likeness (QED) is 0.821. The number of halogens is 1. The molecular weight excluding hydrogens is 351 g/mol. The van der Waals surface area contributed by atoms with E-state index in [9.17, 15) is 14.0 Å². The molecule has 142 valence electrons. The molecule has 1 aromatic heterocycles. The van der Waals surface area contributed by atoms with Crippen LogP contribution in [0.4, 0.5) is 9.18 Å². The minimum Gasteiger partial charge on any atom is -0.444 e. The van der Waals surface area contributed by atoms with Crippen molar-refractivity contribution < 1.29 is 18.7 Å². The summed E-state index contributed by atoms with van der Waals surface area (Å²) in [7, 11) is 0. The number of rotatable bonds is 2. The van der Waals surface area contributed by atoms with Crippen LogP contribution in [0.2, 0.25) is 0 Å². The number of hydrogen-bond acceptors (Lipinski definition) is 5. The monoisotopic (exact) mass is 372 g/mol. The molecule has 0 radical (unpaired) electrons. The fourth-order valence-electron chi connectivity index (χ4n) is 3.02. The first kappa shape index (κ1) is 18.8. The lowest BCUT2D eigenvalue weighted by Gasteiger charge is -2.33. The predicted octanol–water partition coefficient (Wildman–Crippen LogP) is 3.04. The van der Waals surface area contributed by atoms with E-state index in [4.69, 9.17) is 4.74 Å². The molecule has 1 atom stereocenters. The minimum absolute atomic E-state index is 0.168. The summed E-state index contributed by atoms with van der Waals surface area (Å²) < 4.78 is 21.3. The third kappa shape index (κ3) is 3.74. The molecule has 1 aliphatic rings. The van der Waals surface area contributed by atoms with Crippen molar-refractivity contribution in [2.75, 3.05) is 0 Å². The highest BCUT2D eigenvalue weighted by molar-refractivity contribution is 6.06. The van der Waals surface area contributed by atoms with Gasteiger partial charge in [0, 0.05) is 5.56 Å². The minimum atomic E-state index is -1.04. The average Bonchev–Trinajstić information content (AvgIpc) is 2.96. The second-order valence-electron chi connectivity index (χ2n) is 7.55. The lowest BCUT2D eigenvalue weighted by atomic mass is 9.90. The molecule has 1 aromatic carbocycles. The Morgan fingerprint density at radius 3 is 2.70 bits per heavy atom. The SMILES string of the molecule is CC(C)(C)OC(=O)NC1=N[C@](C)(c2ccccc2F)Cn2c1cnc2C=O. The largest absolute Gasteiger partial charge is 0.444 e. The van der Waals surface area contributed by atoms with Crippen LogP contribution in [0.25, 0.3) is 0 Å². The van der Waals surface area contributed by atoms with Gasteiger partial charge in [-0.25, -0.2) is 14.2 Å². The van der Waals surface area contributed by atoms with E-state index in [0.29, 0.717) is 17.5 Å². The van der Waals surface area contributed by atoms with Crippen molar-refractivity contribution in [1.82, 2.24) is 14.9 Å². The molecule has 0 saturated carbocycles. The number of carbonyl (C=O) groups is 2. The number of aldehydes is 1. The van der Waals surface area contributed by atoms with Crippen LogP contribution in [-0.4, -0.2) is 33.4 Å². The summed E-state index contributed by atoms with van der Waals surface area (Å²) in [6.45, 7) is 7.17. The van der Waals surface area contributed by atoms with Crippen molar-refractivity contribution in [2.45, 2.75) is 45.4 Å². The molecule has 1 N–H and O–H groups in total. The second-order valence-corrected chi connectivity index (χ2v) is 7.55. The zero-order valence-corrected chi connectivity index (χ0v) is 15.6. The Labute approximate surface area is 156 Å². The molecule has 0 unspecified atom stereocenters. The average molecular weight is 372 g/mol. The smallest absolute Gasteiger partial charge is 0.413 e. The van der Waals surface area contributed by atoms with Crippen molar-refractivity contribution in [3.8, 4) is 0 Å². The van der Waals surface area contributed by atoms with Gasteiger partial charge in [0.1, 0.15) is 22.7 Å². The Morgan fingerprint density at radius 1 is 1.37 bits per heavy atom. The standard InChI is InChI=1S/C19H21FN4O3/c1-18(2,3)27-17(26)22-16-14-9-21-15(10-25)24(14)11-19(4,23-16)12-7-5-6-8-13(12)20/h5-10H,11H2,1-4H3,(H,22,23,26)/t19-/m0/s1. The third-order valence-electron chi connectivity index (χ3n) is 4.13. The molecule has 1 aliphatic heterocycles. The number of benzene rings is 1. The van der Waals surface area contributed by atoms with Crippen LogP contribution >= 0.6 is 0 Å². The van der Waals surface area contributed by atoms with Gasteiger partial charge in [0.25, 0.3) is 0 Å². The molecule has 0 spiro atoms. The molecule has 3 rings (SSSR count). The first-order valence-corrected chi connectivity index (χ1v) is 8.49. The highest BCUT2D eigenvalue weighted by atomic mass is 19.1. The van der Waals surface area contributed by atoms with Crippen LogP contribution in [-0.2, 0) is 16.8 Å². The predicted molar refractivity (Wildman–Crippen MR) is 97.3 cm³/mol. The third-order valence-corrected chi connectivity index (χ3v) is 4.13. The number of ether oxygens (including phenoxy) is 1. The van der Waals surface area contributed by atoms with Crippen LogP contribution in [0.5, 0.6) is 0 Å². The van der Waals surface area contributed by atoms with Gasteiger partial charge >= 0.3 is 6.09 Å². The number of nitrogens with one attached hydrogen (secondary N) is 1. The van der Waals surface area contributed by atoms with Crippen molar-refractivity contribution in [3.63, 3.8) is 0 Å². The number of fused-ring (bicyclic) bond motifs is 1. The number of amides is 1.